The number of nitrogens with one attached hydrogen (secondary N) is 2. The first-order valence-electron chi connectivity index (χ1n) is 12.5. The molecule has 2 heterocycles. The van der Waals surface area contributed by atoms with Crippen LogP contribution in [0.4, 0.5) is 5.69 Å². The molecule has 1 aromatic heterocycles. The average Bonchev–Trinajstić information content (AvgIpc) is 3.42. The van der Waals surface area contributed by atoms with E-state index in [1.807, 2.05) is 66.7 Å². The van der Waals surface area contributed by atoms with Gasteiger partial charge in [0, 0.05) is 56.6 Å². The normalized spacial score (nSPS) is 13.8. The summed E-state index contributed by atoms with van der Waals surface area (Å²) in [6.45, 7) is 4.29. The Morgan fingerprint density at radius 2 is 1.32 bits per heavy atom. The Morgan fingerprint density at radius 3 is 1.97 bits per heavy atom. The number of hydrogen-bond donors (Lipinski definition) is 2. The highest BCUT2D eigenvalue weighted by molar-refractivity contribution is 6.00. The summed E-state index contributed by atoms with van der Waals surface area (Å²) in [6.07, 6.45) is 1.99. The summed E-state index contributed by atoms with van der Waals surface area (Å²) in [4.78, 5) is 30.2. The van der Waals surface area contributed by atoms with Crippen molar-refractivity contribution in [2.45, 2.75) is 6.42 Å². The Labute approximate surface area is 216 Å². The zero-order valence-electron chi connectivity index (χ0n) is 20.6. The third-order valence-corrected chi connectivity index (χ3v) is 6.49. The van der Waals surface area contributed by atoms with Crippen molar-refractivity contribution in [1.29, 1.82) is 0 Å². The van der Waals surface area contributed by atoms with Gasteiger partial charge in [-0.2, -0.15) is 5.10 Å². The van der Waals surface area contributed by atoms with Crippen molar-refractivity contribution in [3.8, 4) is 16.9 Å². The number of benzene rings is 3. The van der Waals surface area contributed by atoms with Gasteiger partial charge >= 0.3 is 0 Å². The first kappa shape index (κ1) is 24.3. The summed E-state index contributed by atoms with van der Waals surface area (Å²) in [5, 5.41) is 4.66. The number of carbonyl (C=O) groups is 2. The van der Waals surface area contributed by atoms with Crippen LogP contribution in [0.1, 0.15) is 16.8 Å². The molecule has 8 nitrogen and oxygen atoms in total. The van der Waals surface area contributed by atoms with E-state index in [-0.39, 0.29) is 5.91 Å². The fourth-order valence-electron chi connectivity index (χ4n) is 4.45. The topological polar surface area (TPSA) is 82.5 Å². The lowest BCUT2D eigenvalue weighted by atomic mass is 10.1. The summed E-state index contributed by atoms with van der Waals surface area (Å²) < 4.78 is 1.67. The summed E-state index contributed by atoms with van der Waals surface area (Å²) >= 11 is 0. The number of hydrazine groups is 1. The Hall–Kier alpha value is -4.43. The molecule has 0 radical (unpaired) electrons. The molecule has 1 fully saturated rings. The van der Waals surface area contributed by atoms with Gasteiger partial charge in [0.1, 0.15) is 5.69 Å². The van der Waals surface area contributed by atoms with E-state index in [4.69, 9.17) is 0 Å². The standard InChI is InChI=1S/C29H30N6O2/c36-27(16-17-33-18-20-34(21-19-33)24-12-6-2-7-13-24)30-31-29(37)26-22-35(25-14-8-3-9-15-25)32-28(26)23-10-4-1-5-11-23/h1-15,22H,16-21H2,(H,30,36)(H,31,37). The van der Waals surface area contributed by atoms with Crippen LogP contribution in [0, 0.1) is 0 Å². The van der Waals surface area contributed by atoms with Crippen molar-refractivity contribution in [1.82, 2.24) is 25.5 Å². The van der Waals surface area contributed by atoms with Crippen molar-refractivity contribution < 1.29 is 9.59 Å². The van der Waals surface area contributed by atoms with Gasteiger partial charge in [-0.1, -0.05) is 66.7 Å². The molecule has 0 spiro atoms. The van der Waals surface area contributed by atoms with Crippen LogP contribution >= 0.6 is 0 Å². The van der Waals surface area contributed by atoms with Gasteiger partial charge in [-0.3, -0.25) is 25.3 Å². The van der Waals surface area contributed by atoms with Gasteiger partial charge in [-0.25, -0.2) is 4.68 Å². The maximum Gasteiger partial charge on any atom is 0.273 e. The van der Waals surface area contributed by atoms with E-state index >= 15 is 0 Å². The van der Waals surface area contributed by atoms with E-state index in [0.29, 0.717) is 24.2 Å². The second-order valence-corrected chi connectivity index (χ2v) is 8.95. The molecule has 188 valence electrons. The third kappa shape index (κ3) is 6.05. The molecule has 5 rings (SSSR count). The molecule has 0 unspecified atom stereocenters. The number of para-hydroxylation sites is 2. The minimum absolute atomic E-state index is 0.226. The Bertz CT molecular complexity index is 1320. The lowest BCUT2D eigenvalue weighted by Crippen LogP contribution is -2.48. The third-order valence-electron chi connectivity index (χ3n) is 6.49. The molecule has 4 aromatic rings. The van der Waals surface area contributed by atoms with Gasteiger partial charge < -0.3 is 4.90 Å². The van der Waals surface area contributed by atoms with E-state index in [9.17, 15) is 9.59 Å². The summed E-state index contributed by atoms with van der Waals surface area (Å²) in [6, 6.07) is 29.5. The Balaban J connectivity index is 1.16. The maximum atomic E-state index is 13.1. The molecule has 0 bridgehead atoms. The molecule has 37 heavy (non-hydrogen) atoms. The molecule has 1 aliphatic heterocycles. The molecule has 2 N–H and O–H groups in total. The number of hydrogen-bond acceptors (Lipinski definition) is 5. The van der Waals surface area contributed by atoms with E-state index in [1.54, 1.807) is 10.9 Å². The maximum absolute atomic E-state index is 13.1. The van der Waals surface area contributed by atoms with Crippen molar-refractivity contribution in [2.24, 2.45) is 0 Å². The SMILES string of the molecule is O=C(CCN1CCN(c2ccccc2)CC1)NNC(=O)c1cn(-c2ccccc2)nc1-c1ccccc1. The molecule has 1 aliphatic rings. The number of piperazine rings is 1. The van der Waals surface area contributed by atoms with Crippen LogP contribution < -0.4 is 15.8 Å². The van der Waals surface area contributed by atoms with Crippen molar-refractivity contribution in [2.75, 3.05) is 37.6 Å². The lowest BCUT2D eigenvalue weighted by molar-refractivity contribution is -0.122. The predicted molar refractivity (Wildman–Crippen MR) is 144 cm³/mol. The largest absolute Gasteiger partial charge is 0.369 e. The molecular formula is C29H30N6O2. The fraction of sp³-hybridized carbons (Fsp3) is 0.207. The molecule has 1 saturated heterocycles. The van der Waals surface area contributed by atoms with Crippen LogP contribution in [0.25, 0.3) is 16.9 Å². The average molecular weight is 495 g/mol. The van der Waals surface area contributed by atoms with Crippen LogP contribution in [-0.2, 0) is 4.79 Å². The summed E-state index contributed by atoms with van der Waals surface area (Å²) in [7, 11) is 0. The number of nitrogens with zero attached hydrogens (tertiary/aromatic N) is 4. The van der Waals surface area contributed by atoms with Crippen LogP contribution in [0.5, 0.6) is 0 Å². The molecule has 0 saturated carbocycles. The summed E-state index contributed by atoms with van der Waals surface area (Å²) in [5.74, 6) is -0.638. The van der Waals surface area contributed by atoms with Gasteiger partial charge in [0.25, 0.3) is 5.91 Å². The smallest absolute Gasteiger partial charge is 0.273 e. The van der Waals surface area contributed by atoms with Crippen molar-refractivity contribution in [3.05, 3.63) is 103 Å². The zero-order chi connectivity index (χ0) is 25.5. The van der Waals surface area contributed by atoms with Crippen LogP contribution in [0.3, 0.4) is 0 Å². The van der Waals surface area contributed by atoms with Crippen molar-refractivity contribution in [3.63, 3.8) is 0 Å². The monoisotopic (exact) mass is 494 g/mol. The summed E-state index contributed by atoms with van der Waals surface area (Å²) in [5.41, 5.74) is 8.97. The first-order chi connectivity index (χ1) is 18.2. The highest BCUT2D eigenvalue weighted by Crippen LogP contribution is 2.23. The van der Waals surface area contributed by atoms with Gasteiger partial charge in [0.05, 0.1) is 11.3 Å². The predicted octanol–water partition coefficient (Wildman–Crippen LogP) is 3.51. The molecule has 0 atom stereocenters. The lowest BCUT2D eigenvalue weighted by Gasteiger charge is -2.36. The second kappa shape index (κ2) is 11.5. The van der Waals surface area contributed by atoms with Crippen LogP contribution in [-0.4, -0.2) is 59.2 Å². The van der Waals surface area contributed by atoms with Gasteiger partial charge in [0.15, 0.2) is 0 Å². The molecular weight excluding hydrogens is 464 g/mol. The zero-order valence-corrected chi connectivity index (χ0v) is 20.6. The number of aromatic nitrogens is 2. The number of amides is 2. The van der Waals surface area contributed by atoms with Crippen LogP contribution in [0.15, 0.2) is 97.2 Å². The molecule has 8 heteroatoms. The van der Waals surface area contributed by atoms with E-state index in [0.717, 1.165) is 37.4 Å². The highest BCUT2D eigenvalue weighted by atomic mass is 16.2. The second-order valence-electron chi connectivity index (χ2n) is 8.95. The fourth-order valence-corrected chi connectivity index (χ4v) is 4.45. The number of rotatable bonds is 7. The molecule has 3 aromatic carbocycles. The number of anilines is 1. The van der Waals surface area contributed by atoms with E-state index in [2.05, 4.69) is 50.0 Å². The first-order valence-corrected chi connectivity index (χ1v) is 12.5. The minimum atomic E-state index is -0.411. The molecule has 2 amide bonds. The van der Waals surface area contributed by atoms with Gasteiger partial charge in [-0.15, -0.1) is 0 Å². The minimum Gasteiger partial charge on any atom is -0.369 e. The van der Waals surface area contributed by atoms with Gasteiger partial charge in [0.2, 0.25) is 5.91 Å². The van der Waals surface area contributed by atoms with Crippen molar-refractivity contribution >= 4 is 17.5 Å². The van der Waals surface area contributed by atoms with E-state index in [1.165, 1.54) is 5.69 Å². The Morgan fingerprint density at radius 1 is 0.730 bits per heavy atom. The van der Waals surface area contributed by atoms with E-state index < -0.39 is 5.91 Å². The number of carbonyl (C=O) groups excluding carboxylic acids is 2. The van der Waals surface area contributed by atoms with Crippen LogP contribution in [0.2, 0.25) is 0 Å². The van der Waals surface area contributed by atoms with Gasteiger partial charge in [-0.05, 0) is 24.3 Å². The quantitative estimate of drug-likeness (QED) is 0.384. The molecule has 0 aliphatic carbocycles. The highest BCUT2D eigenvalue weighted by Gasteiger charge is 2.20. The Kier molecular flexibility index (Phi) is 7.57.